The third kappa shape index (κ3) is 2.95. The molecule has 1 saturated carbocycles. The molecule has 0 aromatic carbocycles. The third-order valence-corrected chi connectivity index (χ3v) is 4.49. The quantitative estimate of drug-likeness (QED) is 0.739. The molecule has 1 aromatic heterocycles. The molecule has 1 aliphatic carbocycles. The molecule has 3 unspecified atom stereocenters. The highest BCUT2D eigenvalue weighted by Gasteiger charge is 2.34. The molecule has 1 aliphatic heterocycles. The Balaban J connectivity index is 1.61. The molecule has 110 valence electrons. The van der Waals surface area contributed by atoms with Crippen molar-refractivity contribution in [2.75, 3.05) is 11.9 Å². The van der Waals surface area contributed by atoms with Crippen LogP contribution in [0.1, 0.15) is 32.1 Å². The number of hydrogen-bond acceptors (Lipinski definition) is 4. The van der Waals surface area contributed by atoms with Crippen LogP contribution in [-0.4, -0.2) is 34.3 Å². The van der Waals surface area contributed by atoms with E-state index in [-0.39, 0.29) is 12.5 Å². The van der Waals surface area contributed by atoms with E-state index in [1.54, 1.807) is 10.9 Å². The van der Waals surface area contributed by atoms with Crippen LogP contribution in [0, 0.1) is 5.92 Å². The number of hydrogen-bond donors (Lipinski definition) is 3. The molecular formula is C14H23N5O. The van der Waals surface area contributed by atoms with Gasteiger partial charge in [-0.3, -0.25) is 9.48 Å². The third-order valence-electron chi connectivity index (χ3n) is 4.49. The van der Waals surface area contributed by atoms with Crippen molar-refractivity contribution in [2.45, 2.75) is 50.7 Å². The maximum Gasteiger partial charge on any atom is 0.239 e. The second-order valence-corrected chi connectivity index (χ2v) is 5.94. The van der Waals surface area contributed by atoms with Gasteiger partial charge in [0.1, 0.15) is 6.54 Å². The number of nitrogens with two attached hydrogens (primary N) is 1. The summed E-state index contributed by atoms with van der Waals surface area (Å²) in [6, 6.07) is 1.17. The first-order valence-electron chi connectivity index (χ1n) is 7.53. The first kappa shape index (κ1) is 13.4. The molecule has 1 saturated heterocycles. The molecule has 2 fully saturated rings. The number of nitrogens with one attached hydrogen (secondary N) is 2. The van der Waals surface area contributed by atoms with E-state index >= 15 is 0 Å². The monoisotopic (exact) mass is 277 g/mol. The zero-order chi connectivity index (χ0) is 13.9. The molecule has 3 rings (SSSR count). The van der Waals surface area contributed by atoms with Crippen molar-refractivity contribution < 1.29 is 4.79 Å². The Hall–Kier alpha value is -1.56. The Bertz CT molecular complexity index is 466. The first-order valence-corrected chi connectivity index (χ1v) is 7.53. The van der Waals surface area contributed by atoms with Crippen LogP contribution in [0.3, 0.4) is 0 Å². The number of nitrogens with zero attached hydrogens (tertiary/aromatic N) is 2. The van der Waals surface area contributed by atoms with E-state index in [0.717, 1.165) is 12.2 Å². The number of primary amides is 1. The Kier molecular flexibility index (Phi) is 3.91. The van der Waals surface area contributed by atoms with Crippen molar-refractivity contribution in [2.24, 2.45) is 11.7 Å². The van der Waals surface area contributed by atoms with Gasteiger partial charge >= 0.3 is 0 Å². The summed E-state index contributed by atoms with van der Waals surface area (Å²) in [5, 5.41) is 11.4. The SMILES string of the molecule is NC(=O)Cn1cc(NC2CCCC2C2CCCN2)cn1. The number of aromatic nitrogens is 2. The van der Waals surface area contributed by atoms with Crippen LogP contribution in [0.2, 0.25) is 0 Å². The summed E-state index contributed by atoms with van der Waals surface area (Å²) < 4.78 is 1.59. The largest absolute Gasteiger partial charge is 0.379 e. The predicted octanol–water partition coefficient (Wildman–Crippen LogP) is 0.701. The van der Waals surface area contributed by atoms with E-state index in [1.807, 2.05) is 6.20 Å². The summed E-state index contributed by atoms with van der Waals surface area (Å²) >= 11 is 0. The molecule has 6 heteroatoms. The molecule has 1 aromatic rings. The number of carbonyl (C=O) groups is 1. The maximum absolute atomic E-state index is 10.9. The Morgan fingerprint density at radius 2 is 2.35 bits per heavy atom. The van der Waals surface area contributed by atoms with E-state index in [1.165, 1.54) is 32.1 Å². The van der Waals surface area contributed by atoms with Crippen molar-refractivity contribution in [3.63, 3.8) is 0 Å². The molecule has 3 atom stereocenters. The van der Waals surface area contributed by atoms with Crippen LogP contribution >= 0.6 is 0 Å². The molecule has 20 heavy (non-hydrogen) atoms. The number of amides is 1. The minimum atomic E-state index is -0.367. The van der Waals surface area contributed by atoms with Gasteiger partial charge < -0.3 is 16.4 Å². The normalized spacial score (nSPS) is 29.7. The molecule has 0 bridgehead atoms. The van der Waals surface area contributed by atoms with Crippen molar-refractivity contribution in [3.8, 4) is 0 Å². The Labute approximate surface area is 119 Å². The number of anilines is 1. The average molecular weight is 277 g/mol. The summed E-state index contributed by atoms with van der Waals surface area (Å²) in [6.45, 7) is 1.30. The summed E-state index contributed by atoms with van der Waals surface area (Å²) in [5.41, 5.74) is 6.16. The summed E-state index contributed by atoms with van der Waals surface area (Å²) in [4.78, 5) is 10.9. The molecule has 1 amide bonds. The topological polar surface area (TPSA) is 85.0 Å². The summed E-state index contributed by atoms with van der Waals surface area (Å²) in [6.07, 6.45) is 10.0. The maximum atomic E-state index is 10.9. The zero-order valence-electron chi connectivity index (χ0n) is 11.7. The fourth-order valence-electron chi connectivity index (χ4n) is 3.62. The Morgan fingerprint density at radius 3 is 3.10 bits per heavy atom. The van der Waals surface area contributed by atoms with Gasteiger partial charge in [0, 0.05) is 18.3 Å². The average Bonchev–Trinajstić information content (AvgIpc) is 3.10. The van der Waals surface area contributed by atoms with Crippen LogP contribution in [0.15, 0.2) is 12.4 Å². The smallest absolute Gasteiger partial charge is 0.239 e. The Morgan fingerprint density at radius 1 is 1.45 bits per heavy atom. The van der Waals surface area contributed by atoms with Crippen LogP contribution < -0.4 is 16.4 Å². The van der Waals surface area contributed by atoms with Crippen LogP contribution in [0.25, 0.3) is 0 Å². The summed E-state index contributed by atoms with van der Waals surface area (Å²) in [7, 11) is 0. The zero-order valence-corrected chi connectivity index (χ0v) is 11.7. The highest BCUT2D eigenvalue weighted by atomic mass is 16.1. The minimum Gasteiger partial charge on any atom is -0.379 e. The number of rotatable bonds is 5. The standard InChI is InChI=1S/C14H23N5O/c15-14(20)9-19-8-10(7-17-19)18-13-4-1-3-11(13)12-5-2-6-16-12/h7-8,11-13,16,18H,1-6,9H2,(H2,15,20). The van der Waals surface area contributed by atoms with E-state index < -0.39 is 0 Å². The van der Waals surface area contributed by atoms with Gasteiger partial charge in [0.05, 0.1) is 11.9 Å². The lowest BCUT2D eigenvalue weighted by Crippen LogP contribution is -2.38. The van der Waals surface area contributed by atoms with Crippen molar-refractivity contribution in [1.29, 1.82) is 0 Å². The van der Waals surface area contributed by atoms with Gasteiger partial charge in [0.2, 0.25) is 5.91 Å². The van der Waals surface area contributed by atoms with Crippen LogP contribution in [0.4, 0.5) is 5.69 Å². The van der Waals surface area contributed by atoms with Gasteiger partial charge in [-0.25, -0.2) is 0 Å². The first-order chi connectivity index (χ1) is 9.72. The molecule has 6 nitrogen and oxygen atoms in total. The van der Waals surface area contributed by atoms with Gasteiger partial charge in [0.25, 0.3) is 0 Å². The van der Waals surface area contributed by atoms with Crippen molar-refractivity contribution >= 4 is 11.6 Å². The highest BCUT2D eigenvalue weighted by Crippen LogP contribution is 2.33. The lowest BCUT2D eigenvalue weighted by molar-refractivity contribution is -0.118. The fraction of sp³-hybridized carbons (Fsp3) is 0.714. The highest BCUT2D eigenvalue weighted by molar-refractivity contribution is 5.73. The fourth-order valence-corrected chi connectivity index (χ4v) is 3.62. The molecule has 0 spiro atoms. The van der Waals surface area contributed by atoms with Crippen molar-refractivity contribution in [3.05, 3.63) is 12.4 Å². The van der Waals surface area contributed by atoms with Crippen LogP contribution in [0.5, 0.6) is 0 Å². The van der Waals surface area contributed by atoms with Gasteiger partial charge in [-0.1, -0.05) is 6.42 Å². The number of carbonyl (C=O) groups excluding carboxylic acids is 1. The predicted molar refractivity (Wildman–Crippen MR) is 77.2 cm³/mol. The van der Waals surface area contributed by atoms with E-state index in [4.69, 9.17) is 5.73 Å². The van der Waals surface area contributed by atoms with Crippen molar-refractivity contribution in [1.82, 2.24) is 15.1 Å². The lowest BCUT2D eigenvalue weighted by Gasteiger charge is -2.26. The molecular weight excluding hydrogens is 254 g/mol. The second-order valence-electron chi connectivity index (χ2n) is 5.94. The van der Waals surface area contributed by atoms with Gasteiger partial charge in [-0.05, 0) is 38.1 Å². The van der Waals surface area contributed by atoms with E-state index in [9.17, 15) is 4.79 Å². The molecule has 2 heterocycles. The molecule has 4 N–H and O–H groups in total. The van der Waals surface area contributed by atoms with Crippen LogP contribution in [-0.2, 0) is 11.3 Å². The lowest BCUT2D eigenvalue weighted by atomic mass is 9.93. The van der Waals surface area contributed by atoms with E-state index in [0.29, 0.717) is 18.0 Å². The molecule has 0 radical (unpaired) electrons. The van der Waals surface area contributed by atoms with Gasteiger partial charge in [0.15, 0.2) is 0 Å². The van der Waals surface area contributed by atoms with E-state index in [2.05, 4.69) is 15.7 Å². The second kappa shape index (κ2) is 5.83. The molecule has 2 aliphatic rings. The summed E-state index contributed by atoms with van der Waals surface area (Å²) in [5.74, 6) is 0.338. The van der Waals surface area contributed by atoms with Gasteiger partial charge in [-0.2, -0.15) is 5.10 Å². The minimum absolute atomic E-state index is 0.139. The van der Waals surface area contributed by atoms with Gasteiger partial charge in [-0.15, -0.1) is 0 Å².